The first-order valence-corrected chi connectivity index (χ1v) is 23.7. The molecule has 0 spiro atoms. The van der Waals surface area contributed by atoms with Crippen molar-refractivity contribution in [2.24, 2.45) is 17.3 Å². The summed E-state index contributed by atoms with van der Waals surface area (Å²) in [6, 6.07) is 6.53. The number of hydrogen-bond acceptors (Lipinski definition) is 13. The fourth-order valence-electron chi connectivity index (χ4n) is 8.48. The molecule has 0 bridgehead atoms. The van der Waals surface area contributed by atoms with Crippen LogP contribution >= 0.6 is 30.0 Å². The van der Waals surface area contributed by atoms with Gasteiger partial charge in [0.25, 0.3) is 7.37 Å². The van der Waals surface area contributed by atoms with E-state index in [2.05, 4.69) is 16.9 Å². The van der Waals surface area contributed by atoms with E-state index in [1.807, 2.05) is 64.3 Å². The molecule has 4 aromatic rings. The Balaban J connectivity index is 1.23. The van der Waals surface area contributed by atoms with Crippen LogP contribution in [0.1, 0.15) is 86.0 Å². The van der Waals surface area contributed by atoms with Crippen molar-refractivity contribution in [3.8, 4) is 22.9 Å². The molecule has 1 amide bonds. The van der Waals surface area contributed by atoms with Crippen molar-refractivity contribution in [2.75, 3.05) is 19.0 Å². The highest BCUT2D eigenvalue weighted by atomic mass is 32.1. The summed E-state index contributed by atoms with van der Waals surface area (Å²) in [6.45, 7) is 13.8. The number of thiazole rings is 2. The van der Waals surface area contributed by atoms with E-state index in [-0.39, 0.29) is 60.3 Å². The van der Waals surface area contributed by atoms with Crippen molar-refractivity contribution in [3.05, 3.63) is 53.9 Å². The zero-order valence-electron chi connectivity index (χ0n) is 34.5. The number of aromatic nitrogens is 3. The van der Waals surface area contributed by atoms with E-state index in [4.69, 9.17) is 24.2 Å². The molecule has 3 fully saturated rings. The maximum Gasteiger partial charge on any atom is 0.306 e. The monoisotopic (exact) mass is 863 g/mol. The Morgan fingerprint density at radius 3 is 2.53 bits per heavy atom. The van der Waals surface area contributed by atoms with Crippen molar-refractivity contribution in [2.45, 2.75) is 115 Å². The lowest BCUT2D eigenvalue weighted by molar-refractivity contribution is -0.156. The van der Waals surface area contributed by atoms with Gasteiger partial charge in [-0.25, -0.2) is 15.0 Å². The average molecular weight is 864 g/mol. The van der Waals surface area contributed by atoms with Crippen LogP contribution in [0.4, 0.5) is 5.13 Å². The fourth-order valence-corrected chi connectivity index (χ4v) is 13.0. The third-order valence-electron chi connectivity index (χ3n) is 11.8. The summed E-state index contributed by atoms with van der Waals surface area (Å²) in [7, 11) is -2.55. The molecule has 16 heteroatoms. The molecule has 13 nitrogen and oxygen atoms in total. The summed E-state index contributed by atoms with van der Waals surface area (Å²) >= 11 is 2.56. The third kappa shape index (κ3) is 8.99. The minimum Gasteiger partial charge on any atom is -0.497 e. The lowest BCUT2D eigenvalue weighted by Crippen LogP contribution is -2.48. The summed E-state index contributed by atoms with van der Waals surface area (Å²) in [5, 5.41) is 7.08. The lowest BCUT2D eigenvalue weighted by Gasteiger charge is -2.35. The number of ketones is 1. The van der Waals surface area contributed by atoms with Crippen molar-refractivity contribution in [1.29, 1.82) is 0 Å². The second-order valence-electron chi connectivity index (χ2n) is 17.4. The van der Waals surface area contributed by atoms with E-state index in [9.17, 15) is 23.8 Å². The number of pyridine rings is 1. The molecule has 59 heavy (non-hydrogen) atoms. The number of esters is 1. The van der Waals surface area contributed by atoms with E-state index >= 15 is 0 Å². The van der Waals surface area contributed by atoms with Crippen molar-refractivity contribution in [3.63, 3.8) is 0 Å². The number of anilines is 1. The predicted molar refractivity (Wildman–Crippen MR) is 231 cm³/mol. The molecule has 2 unspecified atom stereocenters. The second-order valence-corrected chi connectivity index (χ2v) is 21.9. The number of Topliss-reactive ketones (excluding diaryl/α,β-unsaturated/α-hetero) is 1. The van der Waals surface area contributed by atoms with Gasteiger partial charge >= 0.3 is 5.97 Å². The molecule has 4 heterocycles. The number of ether oxygens (including phenoxy) is 3. The number of amides is 1. The molecule has 3 aromatic heterocycles. The first kappa shape index (κ1) is 42.9. The fraction of sp³-hybridized carbons (Fsp3) is 0.535. The van der Waals surface area contributed by atoms with Crippen molar-refractivity contribution >= 4 is 68.5 Å². The number of likely N-dealkylation sites (tertiary alicyclic amines) is 1. The van der Waals surface area contributed by atoms with Gasteiger partial charge in [0.1, 0.15) is 29.4 Å². The largest absolute Gasteiger partial charge is 0.497 e. The Kier molecular flexibility index (Phi) is 12.4. The van der Waals surface area contributed by atoms with Gasteiger partial charge in [-0.2, -0.15) is 0 Å². The van der Waals surface area contributed by atoms with Gasteiger partial charge in [0.2, 0.25) is 5.91 Å². The summed E-state index contributed by atoms with van der Waals surface area (Å²) in [5.74, 6) is -1.22. The Hall–Kier alpha value is -4.17. The van der Waals surface area contributed by atoms with E-state index in [1.165, 1.54) is 22.4 Å². The van der Waals surface area contributed by atoms with Gasteiger partial charge < -0.3 is 29.3 Å². The smallest absolute Gasteiger partial charge is 0.306 e. The maximum atomic E-state index is 14.9. The second kappa shape index (κ2) is 17.1. The Labute approximate surface area is 353 Å². The van der Waals surface area contributed by atoms with Crippen LogP contribution in [0, 0.1) is 17.3 Å². The van der Waals surface area contributed by atoms with Crippen LogP contribution in [-0.4, -0.2) is 85.5 Å². The summed E-state index contributed by atoms with van der Waals surface area (Å²) in [6.07, 6.45) is 5.95. The topological polar surface area (TPSA) is 170 Å². The van der Waals surface area contributed by atoms with Crippen LogP contribution in [0.2, 0.25) is 0 Å². The number of benzene rings is 1. The van der Waals surface area contributed by atoms with Gasteiger partial charge in [0.15, 0.2) is 15.7 Å². The highest BCUT2D eigenvalue weighted by molar-refractivity contribution is 7.73. The van der Waals surface area contributed by atoms with Gasteiger partial charge in [-0.3, -0.25) is 18.9 Å². The molecule has 1 saturated heterocycles. The summed E-state index contributed by atoms with van der Waals surface area (Å²) in [5.41, 5.74) is 1.18. The molecule has 0 radical (unpaired) electrons. The molecule has 2 N–H and O–H groups in total. The van der Waals surface area contributed by atoms with Crippen LogP contribution in [0.25, 0.3) is 22.3 Å². The number of carbonyl (C=O) groups is 3. The number of allylic oxidation sites excluding steroid dienone is 1. The molecular formula is C43H54N5O8PS2. The van der Waals surface area contributed by atoms with Gasteiger partial charge in [-0.1, -0.05) is 26.8 Å². The van der Waals surface area contributed by atoms with Crippen LogP contribution in [0.15, 0.2) is 53.9 Å². The van der Waals surface area contributed by atoms with Gasteiger partial charge in [-0.05, 0) is 69.4 Å². The van der Waals surface area contributed by atoms with Crippen LogP contribution < -0.4 is 19.5 Å². The first-order valence-electron chi connectivity index (χ1n) is 20.3. The van der Waals surface area contributed by atoms with E-state index in [0.717, 1.165) is 42.2 Å². The first-order chi connectivity index (χ1) is 28.0. The predicted octanol–water partition coefficient (Wildman–Crippen LogP) is 8.03. The SMILES string of the molecule is C=C[C@@H]1C[C@]1(CC(=O)[C@@H]1C[C@@H](Oc2cc(-c3csc(NC(C)C)n3)nc3cc(OC)ccc23)CN1C(=O)C(CC(=O)OC1CCCC1)C(C)(C)C)P(=O)(O)c1nccs1. The van der Waals surface area contributed by atoms with Crippen molar-refractivity contribution < 1.29 is 38.1 Å². The molecule has 2 aliphatic carbocycles. The zero-order chi connectivity index (χ0) is 42.3. The highest BCUT2D eigenvalue weighted by Gasteiger charge is 2.67. The minimum absolute atomic E-state index is 0.0507. The maximum absolute atomic E-state index is 14.9. The van der Waals surface area contributed by atoms with Crippen LogP contribution in [-0.2, 0) is 23.7 Å². The highest BCUT2D eigenvalue weighted by Crippen LogP contribution is 2.72. The quantitative estimate of drug-likeness (QED) is 0.0633. The number of rotatable bonds is 16. The molecule has 3 aliphatic rings. The molecule has 2 saturated carbocycles. The number of carbonyl (C=O) groups excluding carboxylic acids is 3. The number of hydrogen-bond donors (Lipinski definition) is 2. The van der Waals surface area contributed by atoms with Gasteiger partial charge in [-0.15, -0.1) is 29.3 Å². The summed E-state index contributed by atoms with van der Waals surface area (Å²) < 4.78 is 32.5. The lowest BCUT2D eigenvalue weighted by atomic mass is 9.77. The molecular weight excluding hydrogens is 810 g/mol. The zero-order valence-corrected chi connectivity index (χ0v) is 37.0. The van der Waals surface area contributed by atoms with E-state index < -0.39 is 42.0 Å². The molecule has 1 aromatic carbocycles. The number of nitrogens with one attached hydrogen (secondary N) is 1. The van der Waals surface area contributed by atoms with Crippen molar-refractivity contribution in [1.82, 2.24) is 19.9 Å². The number of nitrogens with zero attached hydrogens (tertiary/aromatic N) is 4. The molecule has 316 valence electrons. The Bertz CT molecular complexity index is 2250. The normalized spacial score (nSPS) is 23.5. The number of methoxy groups -OCH3 is 1. The van der Waals surface area contributed by atoms with Crippen LogP contribution in [0.3, 0.4) is 0 Å². The Morgan fingerprint density at radius 1 is 1.12 bits per heavy atom. The van der Waals surface area contributed by atoms with E-state index in [1.54, 1.807) is 18.6 Å². The number of fused-ring (bicyclic) bond motifs is 1. The molecule has 6 atom stereocenters. The Morgan fingerprint density at radius 2 is 1.88 bits per heavy atom. The molecule has 7 rings (SSSR count). The third-order valence-corrected chi connectivity index (χ3v) is 16.8. The summed E-state index contributed by atoms with van der Waals surface area (Å²) in [4.78, 5) is 70.1. The standard InChI is InChI=1S/C43H54N5O8PS2/c1-8-26-21-43(26,57(52,53)41-44-15-16-58-41)22-36(49)35-18-29(23-48(35)39(51)31(42(4,5)6)19-38(50)56-27-11-9-10-12-27)55-37-20-33(34-24-59-40(47-34)45-25(2)3)46-32-17-28(54-7)13-14-30(32)37/h8,13-17,20,24-27,29,31,35H,1,9-12,18-19,21-23H2,2-7H3,(H,45,47)(H,52,53)/t26-,29-,31?,35+,43-/m1/s1. The van der Waals surface area contributed by atoms with E-state index in [0.29, 0.717) is 40.2 Å². The molecule has 1 aliphatic heterocycles. The van der Waals surface area contributed by atoms with Gasteiger partial charge in [0.05, 0.1) is 48.4 Å². The van der Waals surface area contributed by atoms with Gasteiger partial charge in [0, 0.05) is 53.4 Å². The minimum atomic E-state index is -4.13. The van der Waals surface area contributed by atoms with Crippen LogP contribution in [0.5, 0.6) is 11.5 Å². The average Bonchev–Trinajstić information content (AvgIpc) is 3.84.